The second-order valence-electron chi connectivity index (χ2n) is 4.34. The molecule has 4 nitrogen and oxygen atoms in total. The van der Waals surface area contributed by atoms with Crippen molar-refractivity contribution in [2.75, 3.05) is 13.1 Å². The first-order valence-corrected chi connectivity index (χ1v) is 5.99. The van der Waals surface area contributed by atoms with Gasteiger partial charge in [-0.05, 0) is 12.8 Å². The number of carbonyl (C=O) groups excluding carboxylic acids is 1. The van der Waals surface area contributed by atoms with Crippen LogP contribution in [0.2, 0.25) is 0 Å². The first-order chi connectivity index (χ1) is 7.25. The smallest absolute Gasteiger partial charge is 0.224 e. The van der Waals surface area contributed by atoms with Gasteiger partial charge >= 0.3 is 0 Å². The Morgan fingerprint density at radius 1 is 1.20 bits per heavy atom. The molecule has 1 aliphatic carbocycles. The van der Waals surface area contributed by atoms with Crippen molar-refractivity contribution in [3.8, 4) is 0 Å². The second-order valence-corrected chi connectivity index (χ2v) is 4.34. The zero-order chi connectivity index (χ0) is 11.1. The largest absolute Gasteiger partial charge is 0.355 e. The van der Waals surface area contributed by atoms with E-state index in [0.29, 0.717) is 13.1 Å². The second kappa shape index (κ2) is 6.80. The van der Waals surface area contributed by atoms with Crippen LogP contribution in [0.4, 0.5) is 0 Å². The number of hydrogen-bond donors (Lipinski definition) is 3. The molecular weight excluding hydrogens is 190 g/mol. The highest BCUT2D eigenvalue weighted by molar-refractivity contribution is 5.79. The van der Waals surface area contributed by atoms with Crippen molar-refractivity contribution in [2.45, 2.75) is 44.6 Å². The third kappa shape index (κ3) is 4.18. The van der Waals surface area contributed by atoms with Gasteiger partial charge in [0, 0.05) is 19.1 Å². The van der Waals surface area contributed by atoms with E-state index >= 15 is 0 Å². The van der Waals surface area contributed by atoms with Crippen LogP contribution < -0.4 is 16.8 Å². The van der Waals surface area contributed by atoms with E-state index in [2.05, 4.69) is 5.32 Å². The first-order valence-electron chi connectivity index (χ1n) is 5.99. The predicted molar refractivity (Wildman–Crippen MR) is 61.2 cm³/mol. The van der Waals surface area contributed by atoms with Crippen molar-refractivity contribution in [1.29, 1.82) is 0 Å². The van der Waals surface area contributed by atoms with Crippen molar-refractivity contribution < 1.29 is 4.79 Å². The molecule has 88 valence electrons. The zero-order valence-corrected chi connectivity index (χ0v) is 9.37. The minimum Gasteiger partial charge on any atom is -0.355 e. The van der Waals surface area contributed by atoms with E-state index in [1.807, 2.05) is 0 Å². The van der Waals surface area contributed by atoms with Crippen LogP contribution in [-0.4, -0.2) is 25.0 Å². The molecule has 0 aromatic carbocycles. The summed E-state index contributed by atoms with van der Waals surface area (Å²) >= 11 is 0. The van der Waals surface area contributed by atoms with E-state index < -0.39 is 0 Å². The molecule has 15 heavy (non-hydrogen) atoms. The van der Waals surface area contributed by atoms with E-state index in [9.17, 15) is 4.79 Å². The molecule has 1 saturated carbocycles. The lowest BCUT2D eigenvalue weighted by molar-refractivity contribution is -0.126. The van der Waals surface area contributed by atoms with Crippen LogP contribution in [0.1, 0.15) is 38.5 Å². The Morgan fingerprint density at radius 2 is 1.87 bits per heavy atom. The summed E-state index contributed by atoms with van der Waals surface area (Å²) in [6.45, 7) is 1.05. The molecule has 0 spiro atoms. The van der Waals surface area contributed by atoms with Gasteiger partial charge in [-0.1, -0.05) is 25.7 Å². The van der Waals surface area contributed by atoms with Crippen LogP contribution in [0.15, 0.2) is 0 Å². The van der Waals surface area contributed by atoms with Crippen molar-refractivity contribution in [2.24, 2.45) is 17.4 Å². The van der Waals surface area contributed by atoms with Crippen LogP contribution in [0, 0.1) is 5.92 Å². The number of nitrogens with one attached hydrogen (secondary N) is 1. The fourth-order valence-electron chi connectivity index (χ4n) is 2.17. The molecule has 0 aliphatic heterocycles. The van der Waals surface area contributed by atoms with Crippen molar-refractivity contribution in [3.63, 3.8) is 0 Å². The highest BCUT2D eigenvalue weighted by atomic mass is 16.1. The van der Waals surface area contributed by atoms with Gasteiger partial charge in [0.1, 0.15) is 0 Å². The molecule has 0 heterocycles. The fraction of sp³-hybridized carbons (Fsp3) is 0.909. The molecule has 5 N–H and O–H groups in total. The lowest BCUT2D eigenvalue weighted by Gasteiger charge is -2.25. The molecular formula is C11H23N3O. The van der Waals surface area contributed by atoms with Crippen LogP contribution in [0.5, 0.6) is 0 Å². The maximum atomic E-state index is 11.8. The van der Waals surface area contributed by atoms with E-state index in [1.165, 1.54) is 12.8 Å². The molecule has 0 saturated heterocycles. The maximum absolute atomic E-state index is 11.8. The number of rotatable bonds is 3. The van der Waals surface area contributed by atoms with Gasteiger partial charge < -0.3 is 16.8 Å². The van der Waals surface area contributed by atoms with Gasteiger partial charge in [-0.15, -0.1) is 0 Å². The van der Waals surface area contributed by atoms with Gasteiger partial charge in [0.25, 0.3) is 0 Å². The van der Waals surface area contributed by atoms with E-state index in [0.717, 1.165) is 25.7 Å². The molecule has 0 radical (unpaired) electrons. The lowest BCUT2D eigenvalue weighted by atomic mass is 9.87. The molecule has 1 rings (SSSR count). The SMILES string of the molecule is NCCNC(=O)C1CCCCCCC1N. The molecule has 0 aromatic rings. The number of nitrogens with two attached hydrogens (primary N) is 2. The van der Waals surface area contributed by atoms with Crippen LogP contribution in [0.25, 0.3) is 0 Å². The normalized spacial score (nSPS) is 27.9. The summed E-state index contributed by atoms with van der Waals surface area (Å²) in [6, 6.07) is 0.0306. The highest BCUT2D eigenvalue weighted by Gasteiger charge is 2.25. The number of hydrogen-bond acceptors (Lipinski definition) is 3. The number of carbonyl (C=O) groups is 1. The van der Waals surface area contributed by atoms with Crippen molar-refractivity contribution in [3.05, 3.63) is 0 Å². The Hall–Kier alpha value is -0.610. The average Bonchev–Trinajstić information content (AvgIpc) is 2.20. The van der Waals surface area contributed by atoms with E-state index in [1.54, 1.807) is 0 Å². The fourth-order valence-corrected chi connectivity index (χ4v) is 2.17. The quantitative estimate of drug-likeness (QED) is 0.633. The van der Waals surface area contributed by atoms with Gasteiger partial charge in [-0.3, -0.25) is 4.79 Å². The zero-order valence-electron chi connectivity index (χ0n) is 9.37. The summed E-state index contributed by atoms with van der Waals surface area (Å²) in [5, 5.41) is 2.84. The summed E-state index contributed by atoms with van der Waals surface area (Å²) in [5.74, 6) is 0.0895. The molecule has 1 fully saturated rings. The van der Waals surface area contributed by atoms with Gasteiger partial charge in [0.15, 0.2) is 0 Å². The number of amides is 1. The first kappa shape index (κ1) is 12.5. The maximum Gasteiger partial charge on any atom is 0.224 e. The third-order valence-electron chi connectivity index (χ3n) is 3.10. The molecule has 2 unspecified atom stereocenters. The predicted octanol–water partition coefficient (Wildman–Crippen LogP) is 0.359. The minimum absolute atomic E-state index is 0.00292. The Kier molecular flexibility index (Phi) is 5.65. The summed E-state index contributed by atoms with van der Waals surface area (Å²) in [5.41, 5.74) is 11.4. The minimum atomic E-state index is -0.00292. The van der Waals surface area contributed by atoms with E-state index in [-0.39, 0.29) is 17.9 Å². The molecule has 0 aromatic heterocycles. The van der Waals surface area contributed by atoms with Crippen LogP contribution in [0.3, 0.4) is 0 Å². The van der Waals surface area contributed by atoms with Gasteiger partial charge in [-0.25, -0.2) is 0 Å². The van der Waals surface area contributed by atoms with Gasteiger partial charge in [-0.2, -0.15) is 0 Å². The Bertz CT molecular complexity index is 196. The molecule has 0 bridgehead atoms. The highest BCUT2D eigenvalue weighted by Crippen LogP contribution is 2.21. The van der Waals surface area contributed by atoms with Crippen molar-refractivity contribution in [1.82, 2.24) is 5.32 Å². The molecule has 1 amide bonds. The Balaban J connectivity index is 2.43. The summed E-state index contributed by atoms with van der Waals surface area (Å²) in [4.78, 5) is 11.8. The van der Waals surface area contributed by atoms with Gasteiger partial charge in [0.05, 0.1) is 5.92 Å². The topological polar surface area (TPSA) is 81.1 Å². The Morgan fingerprint density at radius 3 is 2.53 bits per heavy atom. The average molecular weight is 213 g/mol. The van der Waals surface area contributed by atoms with Crippen LogP contribution in [-0.2, 0) is 4.79 Å². The third-order valence-corrected chi connectivity index (χ3v) is 3.10. The monoisotopic (exact) mass is 213 g/mol. The molecule has 4 heteroatoms. The summed E-state index contributed by atoms with van der Waals surface area (Å²) in [6.07, 6.45) is 6.66. The van der Waals surface area contributed by atoms with Crippen LogP contribution >= 0.6 is 0 Å². The molecule has 2 atom stereocenters. The lowest BCUT2D eigenvalue weighted by Crippen LogP contribution is -2.43. The standard InChI is InChI=1S/C11H23N3O/c12-7-8-14-11(15)9-5-3-1-2-4-6-10(9)13/h9-10H,1-8,12-13H2,(H,14,15). The molecule has 1 aliphatic rings. The van der Waals surface area contributed by atoms with E-state index in [4.69, 9.17) is 11.5 Å². The van der Waals surface area contributed by atoms with Gasteiger partial charge in [0.2, 0.25) is 5.91 Å². The summed E-state index contributed by atoms with van der Waals surface area (Å²) in [7, 11) is 0. The Labute approximate surface area is 91.8 Å². The van der Waals surface area contributed by atoms with Crippen molar-refractivity contribution >= 4 is 5.91 Å². The summed E-state index contributed by atoms with van der Waals surface area (Å²) < 4.78 is 0.